The molecule has 0 aliphatic rings. The van der Waals surface area contributed by atoms with Crippen LogP contribution in [0, 0.1) is 0 Å². The Bertz CT molecular complexity index is 439. The summed E-state index contributed by atoms with van der Waals surface area (Å²) in [6, 6.07) is 2.30. The third kappa shape index (κ3) is 3.52. The minimum absolute atomic E-state index is 0.332. The lowest BCUT2D eigenvalue weighted by Crippen LogP contribution is -2.23. The zero-order valence-corrected chi connectivity index (χ0v) is 12.0. The first-order chi connectivity index (χ1) is 8.31. The van der Waals surface area contributed by atoms with E-state index in [1.807, 2.05) is 23.2 Å². The Morgan fingerprint density at radius 1 is 1.47 bits per heavy atom. The molecule has 0 bridgehead atoms. The van der Waals surface area contributed by atoms with Gasteiger partial charge < -0.3 is 5.32 Å². The van der Waals surface area contributed by atoms with Crippen molar-refractivity contribution in [2.45, 2.75) is 25.8 Å². The standard InChI is InChI=1S/C12H15ClN2S2/c1-2-4-15-10(12-7-14-8-17-12)6-11-9(13)3-5-16-11/h3,5,7-8,10,15H,2,4,6H2,1H3. The average molecular weight is 287 g/mol. The maximum Gasteiger partial charge on any atom is 0.0794 e. The fourth-order valence-corrected chi connectivity index (χ4v) is 3.50. The van der Waals surface area contributed by atoms with E-state index in [4.69, 9.17) is 11.6 Å². The lowest BCUT2D eigenvalue weighted by atomic mass is 10.1. The van der Waals surface area contributed by atoms with Crippen molar-refractivity contribution in [1.29, 1.82) is 0 Å². The van der Waals surface area contributed by atoms with Gasteiger partial charge in [0.15, 0.2) is 0 Å². The summed E-state index contributed by atoms with van der Waals surface area (Å²) in [7, 11) is 0. The number of halogens is 1. The van der Waals surface area contributed by atoms with Gasteiger partial charge in [-0.2, -0.15) is 0 Å². The maximum atomic E-state index is 6.15. The summed E-state index contributed by atoms with van der Waals surface area (Å²) in [6.07, 6.45) is 4.02. The summed E-state index contributed by atoms with van der Waals surface area (Å²) in [4.78, 5) is 6.68. The first-order valence-corrected chi connectivity index (χ1v) is 7.78. The molecule has 0 fully saturated rings. The molecular formula is C12H15ClN2S2. The Morgan fingerprint density at radius 2 is 2.35 bits per heavy atom. The van der Waals surface area contributed by atoms with E-state index >= 15 is 0 Å². The quantitative estimate of drug-likeness (QED) is 0.863. The second kappa shape index (κ2) is 6.50. The van der Waals surface area contributed by atoms with E-state index in [-0.39, 0.29) is 0 Å². The molecule has 0 aromatic carbocycles. The number of nitrogens with one attached hydrogen (secondary N) is 1. The van der Waals surface area contributed by atoms with Crippen molar-refractivity contribution in [3.05, 3.63) is 37.9 Å². The zero-order chi connectivity index (χ0) is 12.1. The molecule has 2 heterocycles. The van der Waals surface area contributed by atoms with Crippen molar-refractivity contribution in [2.24, 2.45) is 0 Å². The maximum absolute atomic E-state index is 6.15. The third-order valence-corrected chi connectivity index (χ3v) is 4.81. The van der Waals surface area contributed by atoms with Crippen LogP contribution in [0.15, 0.2) is 23.2 Å². The van der Waals surface area contributed by atoms with Gasteiger partial charge in [0.05, 0.1) is 10.5 Å². The van der Waals surface area contributed by atoms with Crippen LogP contribution in [0.5, 0.6) is 0 Å². The Labute approximate surface area is 115 Å². The number of hydrogen-bond acceptors (Lipinski definition) is 4. The van der Waals surface area contributed by atoms with Crippen molar-refractivity contribution in [1.82, 2.24) is 10.3 Å². The normalized spacial score (nSPS) is 12.8. The fourth-order valence-electron chi connectivity index (χ4n) is 1.65. The van der Waals surface area contributed by atoms with E-state index in [0.29, 0.717) is 6.04 Å². The SMILES string of the molecule is CCCNC(Cc1sccc1Cl)c1cncs1. The van der Waals surface area contributed by atoms with Gasteiger partial charge in [0.25, 0.3) is 0 Å². The van der Waals surface area contributed by atoms with Crippen molar-refractivity contribution < 1.29 is 0 Å². The molecule has 1 atom stereocenters. The van der Waals surface area contributed by atoms with Gasteiger partial charge in [-0.3, -0.25) is 4.98 Å². The Balaban J connectivity index is 2.08. The molecule has 5 heteroatoms. The van der Waals surface area contributed by atoms with Crippen LogP contribution < -0.4 is 5.32 Å². The molecule has 0 radical (unpaired) electrons. The molecule has 2 nitrogen and oxygen atoms in total. The minimum Gasteiger partial charge on any atom is -0.309 e. The number of hydrogen-bond donors (Lipinski definition) is 1. The minimum atomic E-state index is 0.332. The molecular weight excluding hydrogens is 272 g/mol. The smallest absolute Gasteiger partial charge is 0.0794 e. The molecule has 0 spiro atoms. The van der Waals surface area contributed by atoms with E-state index in [2.05, 4.69) is 17.2 Å². The summed E-state index contributed by atoms with van der Waals surface area (Å²) >= 11 is 9.57. The number of thiazole rings is 1. The van der Waals surface area contributed by atoms with Crippen molar-refractivity contribution >= 4 is 34.3 Å². The van der Waals surface area contributed by atoms with E-state index in [1.165, 1.54) is 9.75 Å². The van der Waals surface area contributed by atoms with Crippen LogP contribution in [0.2, 0.25) is 5.02 Å². The molecule has 2 rings (SSSR count). The van der Waals surface area contributed by atoms with Crippen LogP contribution in [-0.2, 0) is 6.42 Å². The molecule has 2 aromatic rings. The van der Waals surface area contributed by atoms with Crippen LogP contribution in [0.1, 0.15) is 29.1 Å². The molecule has 0 amide bonds. The number of rotatable bonds is 6. The second-order valence-corrected chi connectivity index (χ2v) is 6.13. The second-order valence-electron chi connectivity index (χ2n) is 3.81. The Morgan fingerprint density at radius 3 is 2.94 bits per heavy atom. The molecule has 1 N–H and O–H groups in total. The van der Waals surface area contributed by atoms with E-state index < -0.39 is 0 Å². The lowest BCUT2D eigenvalue weighted by Gasteiger charge is -2.16. The monoisotopic (exact) mass is 286 g/mol. The van der Waals surface area contributed by atoms with Crippen molar-refractivity contribution in [3.8, 4) is 0 Å². The zero-order valence-electron chi connectivity index (χ0n) is 9.65. The topological polar surface area (TPSA) is 24.9 Å². The van der Waals surface area contributed by atoms with Crippen molar-refractivity contribution in [3.63, 3.8) is 0 Å². The van der Waals surface area contributed by atoms with Crippen LogP contribution >= 0.6 is 34.3 Å². The third-order valence-electron chi connectivity index (χ3n) is 2.52. The predicted molar refractivity (Wildman–Crippen MR) is 76.2 cm³/mol. The summed E-state index contributed by atoms with van der Waals surface area (Å²) in [5, 5.41) is 6.48. The highest BCUT2D eigenvalue weighted by atomic mass is 35.5. The highest BCUT2D eigenvalue weighted by Gasteiger charge is 2.15. The van der Waals surface area contributed by atoms with Gasteiger partial charge in [-0.1, -0.05) is 18.5 Å². The van der Waals surface area contributed by atoms with Crippen LogP contribution in [0.4, 0.5) is 0 Å². The van der Waals surface area contributed by atoms with Crippen LogP contribution in [0.25, 0.3) is 0 Å². The van der Waals surface area contributed by atoms with E-state index in [0.717, 1.165) is 24.4 Å². The molecule has 1 unspecified atom stereocenters. The van der Waals surface area contributed by atoms with Crippen LogP contribution in [-0.4, -0.2) is 11.5 Å². The molecule has 17 heavy (non-hydrogen) atoms. The number of aromatic nitrogens is 1. The van der Waals surface area contributed by atoms with Crippen molar-refractivity contribution in [2.75, 3.05) is 6.54 Å². The Kier molecular flexibility index (Phi) is 4.98. The van der Waals surface area contributed by atoms with Gasteiger partial charge in [0.1, 0.15) is 0 Å². The van der Waals surface area contributed by atoms with Gasteiger partial charge in [0.2, 0.25) is 0 Å². The van der Waals surface area contributed by atoms with Crippen LogP contribution in [0.3, 0.4) is 0 Å². The predicted octanol–water partition coefficient (Wildman–Crippen LogP) is 4.14. The lowest BCUT2D eigenvalue weighted by molar-refractivity contribution is 0.539. The molecule has 0 aliphatic carbocycles. The molecule has 92 valence electrons. The van der Waals surface area contributed by atoms with E-state index in [1.54, 1.807) is 22.7 Å². The highest BCUT2D eigenvalue weighted by molar-refractivity contribution is 7.10. The number of thiophene rings is 1. The summed E-state index contributed by atoms with van der Waals surface area (Å²) in [6.45, 7) is 3.19. The molecule has 0 saturated carbocycles. The first kappa shape index (κ1) is 13.0. The molecule has 2 aromatic heterocycles. The summed E-state index contributed by atoms with van der Waals surface area (Å²) in [5.41, 5.74) is 1.88. The van der Waals surface area contributed by atoms with Gasteiger partial charge in [-0.05, 0) is 24.4 Å². The van der Waals surface area contributed by atoms with Gasteiger partial charge in [0, 0.05) is 28.4 Å². The average Bonchev–Trinajstić information content (AvgIpc) is 2.96. The fraction of sp³-hybridized carbons (Fsp3) is 0.417. The van der Waals surface area contributed by atoms with Gasteiger partial charge in [-0.25, -0.2) is 0 Å². The highest BCUT2D eigenvalue weighted by Crippen LogP contribution is 2.29. The van der Waals surface area contributed by atoms with E-state index in [9.17, 15) is 0 Å². The molecule has 0 aliphatic heterocycles. The first-order valence-electron chi connectivity index (χ1n) is 5.65. The Hall–Kier alpha value is -0.420. The molecule has 0 saturated heterocycles. The van der Waals surface area contributed by atoms with Gasteiger partial charge >= 0.3 is 0 Å². The number of nitrogens with zero attached hydrogens (tertiary/aromatic N) is 1. The summed E-state index contributed by atoms with van der Waals surface area (Å²) in [5.74, 6) is 0. The van der Waals surface area contributed by atoms with Gasteiger partial charge in [-0.15, -0.1) is 22.7 Å². The summed E-state index contributed by atoms with van der Waals surface area (Å²) < 4.78 is 0. The largest absolute Gasteiger partial charge is 0.309 e.